The van der Waals surface area contributed by atoms with Crippen molar-refractivity contribution in [3.05, 3.63) is 40.1 Å². The van der Waals surface area contributed by atoms with Crippen LogP contribution in [0.15, 0.2) is 23.3 Å². The first-order valence-corrected chi connectivity index (χ1v) is 14.6. The van der Waals surface area contributed by atoms with Crippen molar-refractivity contribution in [1.82, 2.24) is 29.6 Å². The lowest BCUT2D eigenvalue weighted by Gasteiger charge is -2.51. The number of aromatic nitrogens is 2. The number of pyridine rings is 1. The Morgan fingerprint density at radius 3 is 2.60 bits per heavy atom. The number of rotatable bonds is 6. The fourth-order valence-electron chi connectivity index (χ4n) is 7.51. The maximum Gasteiger partial charge on any atom is 0.418 e. The molecule has 0 spiro atoms. The van der Waals surface area contributed by atoms with Crippen molar-refractivity contribution in [2.45, 2.75) is 83.1 Å². The van der Waals surface area contributed by atoms with Crippen LogP contribution in [0.25, 0.3) is 5.52 Å². The fourth-order valence-corrected chi connectivity index (χ4v) is 7.51. The minimum Gasteiger partial charge on any atom is -0.380 e. The molecule has 1 saturated carbocycles. The predicted molar refractivity (Wildman–Crippen MR) is 143 cm³/mol. The standard InChI is InChI=1S/C28H41F3N6O3/c1-18-5-4-8-35(12-18)13-19-9-22(28(29,30)31)23-15-36(26(39)37(23)14-19)21-7-3-6-20(10-21)27(16-40-17-27)11-24-32-33-25(38)34(24)2/h9,14-15,18,20-21,24-25,32-33,38H,3-8,10-13,16-17H2,1-2H3/t18-,20?,21?,24?,25?/m0/s1. The molecule has 222 valence electrons. The van der Waals surface area contributed by atoms with Crippen molar-refractivity contribution in [3.63, 3.8) is 0 Å². The number of piperidine rings is 1. The number of aliphatic hydroxyl groups is 1. The monoisotopic (exact) mass is 566 g/mol. The number of hydrogen-bond acceptors (Lipinski definition) is 7. The van der Waals surface area contributed by atoms with E-state index >= 15 is 0 Å². The van der Waals surface area contributed by atoms with E-state index in [1.807, 2.05) is 11.9 Å². The van der Waals surface area contributed by atoms with Crippen LogP contribution in [-0.4, -0.2) is 69.7 Å². The quantitative estimate of drug-likeness (QED) is 0.496. The molecular formula is C28H41F3N6O3. The molecule has 2 aromatic rings. The van der Waals surface area contributed by atoms with Crippen LogP contribution in [0.2, 0.25) is 0 Å². The number of nitrogens with zero attached hydrogens (tertiary/aromatic N) is 4. The number of fused-ring (bicyclic) bond motifs is 1. The van der Waals surface area contributed by atoms with Crippen LogP contribution in [0, 0.1) is 17.3 Å². The summed E-state index contributed by atoms with van der Waals surface area (Å²) in [5.41, 5.74) is 5.19. The molecule has 12 heteroatoms. The zero-order valence-electron chi connectivity index (χ0n) is 23.3. The number of imidazole rings is 1. The lowest BCUT2D eigenvalue weighted by atomic mass is 9.64. The molecule has 0 amide bonds. The van der Waals surface area contributed by atoms with Crippen LogP contribution in [0.4, 0.5) is 13.2 Å². The fraction of sp³-hybridized carbons (Fsp3) is 0.750. The average Bonchev–Trinajstić information content (AvgIpc) is 3.39. The van der Waals surface area contributed by atoms with Crippen LogP contribution in [-0.2, 0) is 17.5 Å². The lowest BCUT2D eigenvalue weighted by molar-refractivity contribution is -0.169. The highest BCUT2D eigenvalue weighted by Crippen LogP contribution is 2.49. The van der Waals surface area contributed by atoms with E-state index in [1.54, 1.807) is 10.8 Å². The first kappa shape index (κ1) is 28.2. The van der Waals surface area contributed by atoms with Gasteiger partial charge in [-0.1, -0.05) is 13.3 Å². The maximum absolute atomic E-state index is 14.3. The van der Waals surface area contributed by atoms with E-state index in [9.17, 15) is 23.1 Å². The summed E-state index contributed by atoms with van der Waals surface area (Å²) in [4.78, 5) is 17.7. The summed E-state index contributed by atoms with van der Waals surface area (Å²) in [6.07, 6.45) is 3.96. The molecule has 6 rings (SSSR count). The summed E-state index contributed by atoms with van der Waals surface area (Å²) in [6, 6.07) is 1.06. The molecule has 0 bridgehead atoms. The predicted octanol–water partition coefficient (Wildman–Crippen LogP) is 3.13. The normalized spacial score (nSPS) is 32.0. The number of alkyl halides is 3. The zero-order chi connectivity index (χ0) is 28.2. The van der Waals surface area contributed by atoms with E-state index in [0.717, 1.165) is 51.6 Å². The molecule has 4 fully saturated rings. The highest BCUT2D eigenvalue weighted by Gasteiger charge is 2.50. The summed E-state index contributed by atoms with van der Waals surface area (Å²) in [5, 5.41) is 10.1. The van der Waals surface area contributed by atoms with Crippen molar-refractivity contribution in [2.75, 3.05) is 33.4 Å². The largest absolute Gasteiger partial charge is 0.418 e. The van der Waals surface area contributed by atoms with Gasteiger partial charge in [0.15, 0.2) is 6.35 Å². The van der Waals surface area contributed by atoms with Crippen LogP contribution >= 0.6 is 0 Å². The third kappa shape index (κ3) is 5.22. The van der Waals surface area contributed by atoms with E-state index < -0.39 is 23.8 Å². The van der Waals surface area contributed by atoms with Crippen LogP contribution in [0.1, 0.15) is 69.0 Å². The van der Waals surface area contributed by atoms with Gasteiger partial charge in [0.2, 0.25) is 0 Å². The maximum atomic E-state index is 14.3. The molecule has 3 saturated heterocycles. The van der Waals surface area contributed by atoms with Gasteiger partial charge in [-0.3, -0.25) is 18.8 Å². The summed E-state index contributed by atoms with van der Waals surface area (Å²) in [7, 11) is 1.85. The Morgan fingerprint density at radius 1 is 1.15 bits per heavy atom. The third-order valence-corrected chi connectivity index (χ3v) is 9.84. The van der Waals surface area contributed by atoms with Gasteiger partial charge in [-0.25, -0.2) is 15.6 Å². The molecule has 4 aliphatic rings. The number of ether oxygens (including phenoxy) is 1. The number of halogens is 3. The summed E-state index contributed by atoms with van der Waals surface area (Å²) in [5.74, 6) is 0.778. The van der Waals surface area contributed by atoms with Gasteiger partial charge in [-0.15, -0.1) is 0 Å². The molecular weight excluding hydrogens is 525 g/mol. The number of hydrazine groups is 1. The molecule has 3 aliphatic heterocycles. The second kappa shape index (κ2) is 10.7. The molecule has 40 heavy (non-hydrogen) atoms. The van der Waals surface area contributed by atoms with E-state index in [0.29, 0.717) is 37.7 Å². The molecule has 5 atom stereocenters. The molecule has 5 heterocycles. The van der Waals surface area contributed by atoms with E-state index in [2.05, 4.69) is 22.7 Å². The highest BCUT2D eigenvalue weighted by atomic mass is 19.4. The van der Waals surface area contributed by atoms with Gasteiger partial charge in [-0.2, -0.15) is 13.2 Å². The lowest BCUT2D eigenvalue weighted by Crippen LogP contribution is -2.54. The number of hydrogen-bond donors (Lipinski definition) is 3. The topological polar surface area (TPSA) is 86.4 Å². The summed E-state index contributed by atoms with van der Waals surface area (Å²) >= 11 is 0. The molecule has 2 aromatic heterocycles. The van der Waals surface area contributed by atoms with Gasteiger partial charge in [-0.05, 0) is 75.6 Å². The van der Waals surface area contributed by atoms with Gasteiger partial charge in [0.05, 0.1) is 30.5 Å². The third-order valence-electron chi connectivity index (χ3n) is 9.84. The van der Waals surface area contributed by atoms with Crippen LogP contribution < -0.4 is 16.5 Å². The molecule has 0 aromatic carbocycles. The molecule has 9 nitrogen and oxygen atoms in total. The van der Waals surface area contributed by atoms with Crippen molar-refractivity contribution in [2.24, 2.45) is 17.3 Å². The Bertz CT molecular complexity index is 1270. The summed E-state index contributed by atoms with van der Waals surface area (Å²) < 4.78 is 51.2. The van der Waals surface area contributed by atoms with Crippen molar-refractivity contribution in [3.8, 4) is 0 Å². The zero-order valence-corrected chi connectivity index (χ0v) is 23.3. The second-order valence-electron chi connectivity index (χ2n) is 12.7. The van der Waals surface area contributed by atoms with Gasteiger partial charge in [0.1, 0.15) is 0 Å². The van der Waals surface area contributed by atoms with Crippen molar-refractivity contribution in [1.29, 1.82) is 0 Å². The first-order chi connectivity index (χ1) is 19.0. The van der Waals surface area contributed by atoms with Crippen LogP contribution in [0.3, 0.4) is 0 Å². The Morgan fingerprint density at radius 2 is 1.95 bits per heavy atom. The SMILES string of the molecule is C[C@H]1CCCN(Cc2cc(C(F)(F)F)c3cn(C4CCCC(C5(CC6NNC(O)N6C)COC5)C4)c(=O)n3c2)C1. The Labute approximate surface area is 232 Å². The molecule has 3 N–H and O–H groups in total. The minimum absolute atomic E-state index is 0.0604. The van der Waals surface area contributed by atoms with E-state index in [4.69, 9.17) is 4.74 Å². The smallest absolute Gasteiger partial charge is 0.380 e. The van der Waals surface area contributed by atoms with Crippen LogP contribution in [0.5, 0.6) is 0 Å². The van der Waals surface area contributed by atoms with Crippen molar-refractivity contribution >= 4 is 5.52 Å². The first-order valence-electron chi connectivity index (χ1n) is 14.6. The van der Waals surface area contributed by atoms with Gasteiger partial charge < -0.3 is 9.84 Å². The molecule has 0 radical (unpaired) electrons. The second-order valence-corrected chi connectivity index (χ2v) is 12.7. The van der Waals surface area contributed by atoms with Gasteiger partial charge in [0, 0.05) is 36.9 Å². The number of likely N-dealkylation sites (tertiary alicyclic amines) is 1. The Kier molecular flexibility index (Phi) is 7.54. The van der Waals surface area contributed by atoms with E-state index in [-0.39, 0.29) is 29.1 Å². The molecule has 4 unspecified atom stereocenters. The Balaban J connectivity index is 1.28. The number of nitrogens with one attached hydrogen (secondary N) is 2. The van der Waals surface area contributed by atoms with Gasteiger partial charge >= 0.3 is 11.9 Å². The highest BCUT2D eigenvalue weighted by molar-refractivity contribution is 5.56. The summed E-state index contributed by atoms with van der Waals surface area (Å²) in [6.45, 7) is 5.50. The molecule has 1 aliphatic carbocycles. The minimum atomic E-state index is -4.56. The van der Waals surface area contributed by atoms with E-state index in [1.165, 1.54) is 16.7 Å². The van der Waals surface area contributed by atoms with Crippen molar-refractivity contribution < 1.29 is 23.0 Å². The number of aliphatic hydroxyl groups excluding tert-OH is 1. The van der Waals surface area contributed by atoms with Gasteiger partial charge in [0.25, 0.3) is 0 Å². The average molecular weight is 567 g/mol. The Hall–Kier alpha value is -1.96.